The van der Waals surface area contributed by atoms with Crippen LogP contribution < -0.4 is 5.73 Å². The summed E-state index contributed by atoms with van der Waals surface area (Å²) in [6.07, 6.45) is 1.25. The maximum atomic E-state index is 8.11. The molecule has 0 atom stereocenters. The molecule has 0 heterocycles. The first kappa shape index (κ1) is 5.85. The molecule has 0 amide bonds. The zero-order valence-corrected chi connectivity index (χ0v) is 4.15. The Morgan fingerprint density at radius 1 is 2.00 bits per heavy atom. The van der Waals surface area contributed by atoms with Crippen LogP contribution in [0.15, 0.2) is 11.1 Å². The predicted octanol–water partition coefficient (Wildman–Crippen LogP) is -0.291. The van der Waals surface area contributed by atoms with Gasteiger partial charge in [0.05, 0.1) is 6.61 Å². The molecular formula is C3H7NOS. The van der Waals surface area contributed by atoms with Gasteiger partial charge in [0, 0.05) is 11.1 Å². The number of aliphatic hydroxyl groups excluding tert-OH is 1. The van der Waals surface area contributed by atoms with Crippen LogP contribution in [0.3, 0.4) is 0 Å². The summed E-state index contributed by atoms with van der Waals surface area (Å²) in [4.78, 5) is 0.495. The quantitative estimate of drug-likeness (QED) is 0.401. The summed E-state index contributed by atoms with van der Waals surface area (Å²) in [6.45, 7) is -0.0698. The van der Waals surface area contributed by atoms with Gasteiger partial charge in [0.1, 0.15) is 0 Å². The van der Waals surface area contributed by atoms with Gasteiger partial charge in [0.15, 0.2) is 0 Å². The summed E-state index contributed by atoms with van der Waals surface area (Å²) in [5, 5.41) is 8.11. The fourth-order valence-electron chi connectivity index (χ4n) is 0.0527. The number of hydrogen-bond acceptors (Lipinski definition) is 3. The Morgan fingerprint density at radius 2 is 2.50 bits per heavy atom. The summed E-state index contributed by atoms with van der Waals surface area (Å²) in [7, 11) is 0. The summed E-state index contributed by atoms with van der Waals surface area (Å²) < 4.78 is 0. The van der Waals surface area contributed by atoms with Crippen molar-refractivity contribution in [2.45, 2.75) is 0 Å². The van der Waals surface area contributed by atoms with Gasteiger partial charge in [-0.3, -0.25) is 0 Å². The molecule has 0 aromatic heterocycles. The lowest BCUT2D eigenvalue weighted by Crippen LogP contribution is -1.85. The number of nitrogens with two attached hydrogens (primary N) is 1. The summed E-state index contributed by atoms with van der Waals surface area (Å²) in [6, 6.07) is 0. The van der Waals surface area contributed by atoms with E-state index in [0.29, 0.717) is 4.91 Å². The van der Waals surface area contributed by atoms with E-state index in [1.165, 1.54) is 6.20 Å². The molecule has 36 valence electrons. The van der Waals surface area contributed by atoms with E-state index in [9.17, 15) is 0 Å². The molecule has 0 aromatic rings. The van der Waals surface area contributed by atoms with Crippen LogP contribution in [0.1, 0.15) is 0 Å². The molecule has 0 fully saturated rings. The van der Waals surface area contributed by atoms with Crippen molar-refractivity contribution in [2.75, 3.05) is 6.61 Å². The summed E-state index contributed by atoms with van der Waals surface area (Å²) in [5.41, 5.74) is 4.88. The first-order valence-electron chi connectivity index (χ1n) is 1.52. The molecule has 0 aliphatic carbocycles. The van der Waals surface area contributed by atoms with Gasteiger partial charge in [-0.1, -0.05) is 0 Å². The highest BCUT2D eigenvalue weighted by molar-refractivity contribution is 7.84. The van der Waals surface area contributed by atoms with Crippen molar-refractivity contribution < 1.29 is 5.11 Å². The standard InChI is InChI=1S/C3H7NOS/c4-1-3(6)2-5/h1,5-6H,2,4H2/b3-1-. The van der Waals surface area contributed by atoms with Crippen LogP contribution in [0.2, 0.25) is 0 Å². The van der Waals surface area contributed by atoms with Crippen molar-refractivity contribution in [3.8, 4) is 0 Å². The smallest absolute Gasteiger partial charge is 0.0752 e. The van der Waals surface area contributed by atoms with Crippen molar-refractivity contribution in [2.24, 2.45) is 5.73 Å². The van der Waals surface area contributed by atoms with Crippen LogP contribution in [0.5, 0.6) is 0 Å². The third-order valence-corrected chi connectivity index (χ3v) is 0.645. The molecule has 2 nitrogen and oxygen atoms in total. The Labute approximate surface area is 42.1 Å². The molecule has 0 bridgehead atoms. The molecule has 3 heteroatoms. The third kappa shape index (κ3) is 2.11. The van der Waals surface area contributed by atoms with Gasteiger partial charge in [-0.2, -0.15) is 0 Å². The van der Waals surface area contributed by atoms with Gasteiger partial charge in [0.25, 0.3) is 0 Å². The van der Waals surface area contributed by atoms with Crippen molar-refractivity contribution >= 4 is 12.6 Å². The minimum absolute atomic E-state index is 0.0698. The van der Waals surface area contributed by atoms with E-state index >= 15 is 0 Å². The lowest BCUT2D eigenvalue weighted by Gasteiger charge is -1.83. The second-order valence-electron chi connectivity index (χ2n) is 0.816. The Hall–Kier alpha value is -0.150. The number of thiol groups is 1. The normalized spacial score (nSPS) is 12.0. The monoisotopic (exact) mass is 105 g/mol. The van der Waals surface area contributed by atoms with Gasteiger partial charge in [-0.25, -0.2) is 0 Å². The van der Waals surface area contributed by atoms with Crippen molar-refractivity contribution in [1.82, 2.24) is 0 Å². The maximum Gasteiger partial charge on any atom is 0.0752 e. The van der Waals surface area contributed by atoms with Gasteiger partial charge in [-0.15, -0.1) is 12.6 Å². The van der Waals surface area contributed by atoms with Gasteiger partial charge >= 0.3 is 0 Å². The zero-order chi connectivity index (χ0) is 4.99. The molecule has 3 N–H and O–H groups in total. The summed E-state index contributed by atoms with van der Waals surface area (Å²) in [5.74, 6) is 0. The van der Waals surface area contributed by atoms with Crippen molar-refractivity contribution in [1.29, 1.82) is 0 Å². The third-order valence-electron chi connectivity index (χ3n) is 0.354. The zero-order valence-electron chi connectivity index (χ0n) is 3.26. The van der Waals surface area contributed by atoms with E-state index in [1.807, 2.05) is 0 Å². The van der Waals surface area contributed by atoms with Crippen LogP contribution in [-0.4, -0.2) is 11.7 Å². The van der Waals surface area contributed by atoms with E-state index in [2.05, 4.69) is 12.6 Å². The van der Waals surface area contributed by atoms with Gasteiger partial charge in [-0.05, 0) is 0 Å². The highest BCUT2D eigenvalue weighted by atomic mass is 32.1. The average molecular weight is 105 g/mol. The fraction of sp³-hybridized carbons (Fsp3) is 0.333. The topological polar surface area (TPSA) is 46.2 Å². The highest BCUT2D eigenvalue weighted by Gasteiger charge is 1.76. The SMILES string of the molecule is N/C=C(\S)CO. The van der Waals surface area contributed by atoms with Gasteiger partial charge < -0.3 is 10.8 Å². The fourth-order valence-corrected chi connectivity index (χ4v) is 0.0527. The Balaban J connectivity index is 3.22. The first-order chi connectivity index (χ1) is 2.81. The Bertz CT molecular complexity index is 61.8. The Morgan fingerprint density at radius 3 is 2.50 bits per heavy atom. The maximum absolute atomic E-state index is 8.11. The van der Waals surface area contributed by atoms with Crippen LogP contribution in [0.4, 0.5) is 0 Å². The van der Waals surface area contributed by atoms with Crippen LogP contribution in [-0.2, 0) is 0 Å². The molecule has 0 saturated heterocycles. The van der Waals surface area contributed by atoms with Crippen LogP contribution in [0.25, 0.3) is 0 Å². The molecule has 6 heavy (non-hydrogen) atoms. The van der Waals surface area contributed by atoms with E-state index in [4.69, 9.17) is 10.8 Å². The molecule has 0 aliphatic rings. The van der Waals surface area contributed by atoms with E-state index in [1.54, 1.807) is 0 Å². The molecule has 0 radical (unpaired) electrons. The minimum atomic E-state index is -0.0698. The second-order valence-corrected chi connectivity index (χ2v) is 1.39. The highest BCUT2D eigenvalue weighted by Crippen LogP contribution is 1.91. The Kier molecular flexibility index (Phi) is 2.98. The average Bonchev–Trinajstić information content (AvgIpc) is 1.65. The number of hydrogen-bond donors (Lipinski definition) is 3. The summed E-state index contributed by atoms with van der Waals surface area (Å²) >= 11 is 3.72. The molecule has 0 rings (SSSR count). The van der Waals surface area contributed by atoms with Gasteiger partial charge in [0.2, 0.25) is 0 Å². The van der Waals surface area contributed by atoms with E-state index in [0.717, 1.165) is 0 Å². The molecule has 0 aliphatic heterocycles. The van der Waals surface area contributed by atoms with E-state index < -0.39 is 0 Å². The molecule has 0 saturated carbocycles. The van der Waals surface area contributed by atoms with Crippen molar-refractivity contribution in [3.05, 3.63) is 11.1 Å². The lowest BCUT2D eigenvalue weighted by molar-refractivity contribution is 0.339. The second kappa shape index (κ2) is 3.06. The first-order valence-corrected chi connectivity index (χ1v) is 1.96. The predicted molar refractivity (Wildman–Crippen MR) is 28.3 cm³/mol. The lowest BCUT2D eigenvalue weighted by atomic mass is 10.6. The number of aliphatic hydroxyl groups is 1. The largest absolute Gasteiger partial charge is 0.404 e. The molecular weight excluding hydrogens is 98.1 g/mol. The van der Waals surface area contributed by atoms with E-state index in [-0.39, 0.29) is 6.61 Å². The number of rotatable bonds is 1. The van der Waals surface area contributed by atoms with Crippen molar-refractivity contribution in [3.63, 3.8) is 0 Å². The van der Waals surface area contributed by atoms with Crippen LogP contribution >= 0.6 is 12.6 Å². The molecule has 0 spiro atoms. The van der Waals surface area contributed by atoms with Crippen LogP contribution in [0, 0.1) is 0 Å². The minimum Gasteiger partial charge on any atom is -0.404 e. The molecule has 0 unspecified atom stereocenters. The molecule has 0 aromatic carbocycles.